The molecule has 1 saturated heterocycles. The third-order valence-corrected chi connectivity index (χ3v) is 13.7. The molecule has 0 aromatic rings. The Kier molecular flexibility index (Phi) is 48.8. The molecule has 6 atom stereocenters. The van der Waals surface area contributed by atoms with Gasteiger partial charge in [-0.15, -0.1) is 0 Å². The number of carbonyl (C=O) groups excluding carboxylic acids is 3. The smallest absolute Gasteiger partial charge is 0.335 e. The molecule has 1 heterocycles. The molecule has 1 fully saturated rings. The fraction of sp³-hybridized carbons (Fsp3) is 0.754. The van der Waals surface area contributed by atoms with E-state index >= 15 is 0 Å². The highest BCUT2D eigenvalue weighted by Crippen LogP contribution is 2.26. The molecule has 1 rings (SSSR count). The Morgan fingerprint density at radius 2 is 0.818 bits per heavy atom. The molecule has 0 aromatic heterocycles. The summed E-state index contributed by atoms with van der Waals surface area (Å²) in [6.07, 6.45) is 54.4. The van der Waals surface area contributed by atoms with Crippen LogP contribution in [0.15, 0.2) is 72.9 Å². The first-order valence-corrected chi connectivity index (χ1v) is 30.9. The molecule has 12 nitrogen and oxygen atoms in total. The van der Waals surface area contributed by atoms with Crippen LogP contribution in [0.5, 0.6) is 0 Å². The quantitative estimate of drug-likeness (QED) is 0.0228. The van der Waals surface area contributed by atoms with Crippen LogP contribution in [0.1, 0.15) is 265 Å². The number of rotatable bonds is 52. The molecule has 0 amide bonds. The van der Waals surface area contributed by atoms with Gasteiger partial charge in [0.2, 0.25) is 0 Å². The number of carboxylic acid groups (broad SMARTS) is 1. The van der Waals surface area contributed by atoms with Gasteiger partial charge in [-0.1, -0.05) is 209 Å². The lowest BCUT2D eigenvalue weighted by Crippen LogP contribution is -2.61. The van der Waals surface area contributed by atoms with Crippen LogP contribution in [0, 0.1) is 0 Å². The maximum Gasteiger partial charge on any atom is 0.335 e. The van der Waals surface area contributed by atoms with E-state index in [1.165, 1.54) is 89.9 Å². The SMILES string of the molecule is CC/C=C\C/C=C\C/C=C\CCCCCC(=O)OC(COC(=O)CCCCCCC/C=C\C/C=C\CCCCC)COC1OC(C(=O)O)C(O)C(O)C1OC(=O)CCCCCCCCCCC/C=C\CCCCCCCC. The number of carboxylic acids is 1. The van der Waals surface area contributed by atoms with Gasteiger partial charge in [-0.2, -0.15) is 0 Å². The molecule has 0 spiro atoms. The van der Waals surface area contributed by atoms with Crippen LogP contribution in [-0.2, 0) is 42.9 Å². The van der Waals surface area contributed by atoms with E-state index in [4.69, 9.17) is 23.7 Å². The zero-order valence-corrected chi connectivity index (χ0v) is 48.7. The van der Waals surface area contributed by atoms with Crippen molar-refractivity contribution in [2.45, 2.75) is 302 Å². The number of hydrogen-bond donors (Lipinski definition) is 3. The molecular weight excluding hydrogens is 973 g/mol. The first kappa shape index (κ1) is 71.2. The minimum absolute atomic E-state index is 0.0521. The summed E-state index contributed by atoms with van der Waals surface area (Å²) in [6.45, 7) is 5.82. The van der Waals surface area contributed by atoms with Crippen molar-refractivity contribution in [3.8, 4) is 0 Å². The second-order valence-corrected chi connectivity index (χ2v) is 20.9. The number of hydrogen-bond acceptors (Lipinski definition) is 11. The van der Waals surface area contributed by atoms with E-state index in [2.05, 4.69) is 93.7 Å². The number of allylic oxidation sites excluding steroid dienone is 12. The summed E-state index contributed by atoms with van der Waals surface area (Å²) in [4.78, 5) is 51.2. The average Bonchev–Trinajstić information content (AvgIpc) is 3.42. The standard InChI is InChI=1S/C65H110O12/c1-4-7-10-13-16-19-22-25-27-28-29-30-32-35-38-41-44-47-50-53-59(68)76-63-61(70)60(69)62(64(71)72)77-65(63)74-55-56(75-58(67)52-49-46-43-40-37-33-24-21-18-15-12-9-6-3)54-73-57(66)51-48-45-42-39-36-34-31-26-23-20-17-14-11-8-5-2/h9,12,17-18,20-21,25-27,31,33,37,56,60-63,65,69-70H,4-8,10-11,13-16,19,22-24,28-30,32,34-36,38-55H2,1-3H3,(H,71,72)/b12-9-,20-17-,21-18-,27-25-,31-26-,37-33-. The third-order valence-electron chi connectivity index (χ3n) is 13.7. The fourth-order valence-electron chi connectivity index (χ4n) is 9.00. The molecule has 0 aliphatic carbocycles. The minimum atomic E-state index is -1.91. The van der Waals surface area contributed by atoms with E-state index < -0.39 is 67.3 Å². The van der Waals surface area contributed by atoms with Crippen molar-refractivity contribution in [1.82, 2.24) is 0 Å². The van der Waals surface area contributed by atoms with Crippen molar-refractivity contribution in [3.05, 3.63) is 72.9 Å². The molecule has 0 aromatic carbocycles. The number of ether oxygens (including phenoxy) is 5. The van der Waals surface area contributed by atoms with Crippen LogP contribution in [0.4, 0.5) is 0 Å². The molecule has 12 heteroatoms. The van der Waals surface area contributed by atoms with Crippen LogP contribution in [0.25, 0.3) is 0 Å². The summed E-state index contributed by atoms with van der Waals surface area (Å²) in [6, 6.07) is 0. The van der Waals surface area contributed by atoms with E-state index in [-0.39, 0.29) is 25.9 Å². The number of aliphatic hydroxyl groups excluding tert-OH is 2. The van der Waals surface area contributed by atoms with Gasteiger partial charge in [-0.05, 0) is 109 Å². The van der Waals surface area contributed by atoms with E-state index in [0.29, 0.717) is 19.3 Å². The normalized spacial score (nSPS) is 18.5. The predicted molar refractivity (Wildman–Crippen MR) is 312 cm³/mol. The highest BCUT2D eigenvalue weighted by molar-refractivity contribution is 5.74. The molecule has 0 radical (unpaired) electrons. The maximum atomic E-state index is 13.1. The molecule has 6 unspecified atom stereocenters. The molecule has 1 aliphatic heterocycles. The van der Waals surface area contributed by atoms with Crippen molar-refractivity contribution in [1.29, 1.82) is 0 Å². The van der Waals surface area contributed by atoms with Crippen molar-refractivity contribution in [2.75, 3.05) is 13.2 Å². The summed E-state index contributed by atoms with van der Waals surface area (Å²) < 4.78 is 28.4. The Hall–Kier alpha value is -3.84. The van der Waals surface area contributed by atoms with Gasteiger partial charge in [-0.25, -0.2) is 4.79 Å². The lowest BCUT2D eigenvalue weighted by Gasteiger charge is -2.40. The lowest BCUT2D eigenvalue weighted by atomic mass is 9.98. The van der Waals surface area contributed by atoms with Gasteiger partial charge < -0.3 is 39.0 Å². The first-order chi connectivity index (χ1) is 37.6. The Morgan fingerprint density at radius 3 is 1.30 bits per heavy atom. The zero-order chi connectivity index (χ0) is 56.1. The Bertz CT molecular complexity index is 1620. The van der Waals surface area contributed by atoms with Gasteiger partial charge in [-0.3, -0.25) is 14.4 Å². The van der Waals surface area contributed by atoms with E-state index in [0.717, 1.165) is 116 Å². The second kappa shape index (κ2) is 52.8. The number of aliphatic carboxylic acids is 1. The van der Waals surface area contributed by atoms with Crippen molar-refractivity contribution < 1.29 is 58.2 Å². The topological polar surface area (TPSA) is 175 Å². The Balaban J connectivity index is 2.67. The van der Waals surface area contributed by atoms with E-state index in [1.807, 2.05) is 0 Å². The Morgan fingerprint density at radius 1 is 0.442 bits per heavy atom. The average molecular weight is 1080 g/mol. The van der Waals surface area contributed by atoms with Gasteiger partial charge in [0, 0.05) is 19.3 Å². The second-order valence-electron chi connectivity index (χ2n) is 20.9. The monoisotopic (exact) mass is 1080 g/mol. The largest absolute Gasteiger partial charge is 0.479 e. The summed E-state index contributed by atoms with van der Waals surface area (Å²) in [5.74, 6) is -3.17. The minimum Gasteiger partial charge on any atom is -0.479 e. The van der Waals surface area contributed by atoms with Crippen LogP contribution in [0.3, 0.4) is 0 Å². The summed E-state index contributed by atoms with van der Waals surface area (Å²) >= 11 is 0. The van der Waals surface area contributed by atoms with Crippen LogP contribution < -0.4 is 0 Å². The zero-order valence-electron chi connectivity index (χ0n) is 48.7. The molecule has 77 heavy (non-hydrogen) atoms. The van der Waals surface area contributed by atoms with Crippen molar-refractivity contribution >= 4 is 23.9 Å². The third kappa shape index (κ3) is 42.7. The molecular formula is C65H110O12. The summed E-state index contributed by atoms with van der Waals surface area (Å²) in [7, 11) is 0. The molecule has 0 bridgehead atoms. The Labute approximate surface area is 468 Å². The fourth-order valence-corrected chi connectivity index (χ4v) is 9.00. The lowest BCUT2D eigenvalue weighted by molar-refractivity contribution is -0.301. The van der Waals surface area contributed by atoms with E-state index in [1.54, 1.807) is 0 Å². The summed E-state index contributed by atoms with van der Waals surface area (Å²) in [5.41, 5.74) is 0. The maximum absolute atomic E-state index is 13.1. The van der Waals surface area contributed by atoms with Crippen LogP contribution in [-0.4, -0.2) is 89.2 Å². The van der Waals surface area contributed by atoms with Gasteiger partial charge in [0.05, 0.1) is 6.61 Å². The van der Waals surface area contributed by atoms with Gasteiger partial charge in [0.15, 0.2) is 24.6 Å². The van der Waals surface area contributed by atoms with Crippen LogP contribution in [0.2, 0.25) is 0 Å². The van der Waals surface area contributed by atoms with Gasteiger partial charge in [0.1, 0.15) is 18.8 Å². The number of esters is 3. The predicted octanol–water partition coefficient (Wildman–Crippen LogP) is 16.1. The number of carbonyl (C=O) groups is 4. The molecule has 1 aliphatic rings. The van der Waals surface area contributed by atoms with Crippen LogP contribution >= 0.6 is 0 Å². The summed E-state index contributed by atoms with van der Waals surface area (Å²) in [5, 5.41) is 31.5. The van der Waals surface area contributed by atoms with E-state index in [9.17, 15) is 34.5 Å². The number of aliphatic hydroxyl groups is 2. The van der Waals surface area contributed by atoms with Crippen molar-refractivity contribution in [2.24, 2.45) is 0 Å². The molecule has 0 saturated carbocycles. The first-order valence-electron chi connectivity index (χ1n) is 30.9. The van der Waals surface area contributed by atoms with Gasteiger partial charge in [0.25, 0.3) is 0 Å². The highest BCUT2D eigenvalue weighted by atomic mass is 16.7. The van der Waals surface area contributed by atoms with Gasteiger partial charge >= 0.3 is 23.9 Å². The highest BCUT2D eigenvalue weighted by Gasteiger charge is 2.50. The number of unbranched alkanes of at least 4 members (excludes halogenated alkanes) is 26. The van der Waals surface area contributed by atoms with Crippen molar-refractivity contribution in [3.63, 3.8) is 0 Å². The molecule has 442 valence electrons. The molecule has 3 N–H and O–H groups in total.